The minimum atomic E-state index is 0.788. The molecule has 0 aliphatic carbocycles. The Morgan fingerprint density at radius 1 is 1.22 bits per heavy atom. The summed E-state index contributed by atoms with van der Waals surface area (Å²) in [5.74, 6) is 0. The number of imidazole rings is 2. The SMILES string of the molecule is c1ccn2cc(CNCCn3ccnc3)nc2c1. The standard InChI is InChI=1S/C13H15N5/c1-2-6-18-10-12(16-13(18)3-1)9-14-4-7-17-8-5-15-11-17/h1-3,5-6,8,10-11,14H,4,7,9H2. The molecule has 5 nitrogen and oxygen atoms in total. The zero-order valence-corrected chi connectivity index (χ0v) is 10.0. The first-order valence-corrected chi connectivity index (χ1v) is 6.01. The van der Waals surface area contributed by atoms with Crippen molar-refractivity contribution >= 4 is 5.65 Å². The molecule has 92 valence electrons. The first-order valence-electron chi connectivity index (χ1n) is 6.01. The van der Waals surface area contributed by atoms with Gasteiger partial charge in [0.05, 0.1) is 12.0 Å². The summed E-state index contributed by atoms with van der Waals surface area (Å²) in [4.78, 5) is 8.54. The predicted octanol–water partition coefficient (Wildman–Crippen LogP) is 1.32. The average molecular weight is 241 g/mol. The molecule has 0 saturated carbocycles. The van der Waals surface area contributed by atoms with E-state index in [0.29, 0.717) is 0 Å². The van der Waals surface area contributed by atoms with Crippen molar-refractivity contribution in [3.63, 3.8) is 0 Å². The van der Waals surface area contributed by atoms with E-state index in [2.05, 4.69) is 26.0 Å². The summed E-state index contributed by atoms with van der Waals surface area (Å²) < 4.78 is 4.09. The van der Waals surface area contributed by atoms with E-state index >= 15 is 0 Å². The maximum Gasteiger partial charge on any atom is 0.137 e. The van der Waals surface area contributed by atoms with Crippen molar-refractivity contribution in [2.24, 2.45) is 0 Å². The number of hydrogen-bond acceptors (Lipinski definition) is 3. The van der Waals surface area contributed by atoms with Crippen LogP contribution in [-0.4, -0.2) is 25.5 Å². The Kier molecular flexibility index (Phi) is 3.06. The van der Waals surface area contributed by atoms with Crippen molar-refractivity contribution in [1.29, 1.82) is 0 Å². The van der Waals surface area contributed by atoms with Gasteiger partial charge in [-0.15, -0.1) is 0 Å². The smallest absolute Gasteiger partial charge is 0.137 e. The van der Waals surface area contributed by atoms with Gasteiger partial charge in [0.15, 0.2) is 0 Å². The van der Waals surface area contributed by atoms with Gasteiger partial charge in [0.2, 0.25) is 0 Å². The van der Waals surface area contributed by atoms with Crippen molar-refractivity contribution in [2.75, 3.05) is 6.54 Å². The molecule has 0 radical (unpaired) electrons. The molecular weight excluding hydrogens is 226 g/mol. The maximum atomic E-state index is 4.53. The normalized spacial score (nSPS) is 11.1. The highest BCUT2D eigenvalue weighted by Gasteiger charge is 1.99. The molecule has 0 aliphatic heterocycles. The van der Waals surface area contributed by atoms with Crippen LogP contribution in [0.5, 0.6) is 0 Å². The number of fused-ring (bicyclic) bond motifs is 1. The van der Waals surface area contributed by atoms with Crippen LogP contribution in [0.1, 0.15) is 5.69 Å². The van der Waals surface area contributed by atoms with Gasteiger partial charge in [-0.05, 0) is 12.1 Å². The highest BCUT2D eigenvalue weighted by atomic mass is 15.1. The predicted molar refractivity (Wildman–Crippen MR) is 69.1 cm³/mol. The molecule has 1 N–H and O–H groups in total. The Hall–Kier alpha value is -2.14. The molecule has 0 atom stereocenters. The summed E-state index contributed by atoms with van der Waals surface area (Å²) in [6, 6.07) is 6.01. The van der Waals surface area contributed by atoms with Crippen LogP contribution in [0.3, 0.4) is 0 Å². The second-order valence-electron chi connectivity index (χ2n) is 4.18. The highest BCUT2D eigenvalue weighted by molar-refractivity contribution is 5.39. The number of nitrogens with one attached hydrogen (secondary N) is 1. The molecule has 0 bridgehead atoms. The average Bonchev–Trinajstić information content (AvgIpc) is 3.03. The molecule has 3 aromatic rings. The van der Waals surface area contributed by atoms with Crippen LogP contribution >= 0.6 is 0 Å². The van der Waals surface area contributed by atoms with E-state index in [1.807, 2.05) is 41.3 Å². The fraction of sp³-hybridized carbons (Fsp3) is 0.231. The topological polar surface area (TPSA) is 47.1 Å². The van der Waals surface area contributed by atoms with Gasteiger partial charge < -0.3 is 14.3 Å². The zero-order chi connectivity index (χ0) is 12.2. The number of nitrogens with zero attached hydrogens (tertiary/aromatic N) is 4. The van der Waals surface area contributed by atoms with Crippen molar-refractivity contribution in [3.05, 3.63) is 55.0 Å². The van der Waals surface area contributed by atoms with E-state index in [1.165, 1.54) is 0 Å². The van der Waals surface area contributed by atoms with E-state index in [-0.39, 0.29) is 0 Å². The summed E-state index contributed by atoms with van der Waals surface area (Å²) in [6.45, 7) is 2.62. The van der Waals surface area contributed by atoms with Crippen LogP contribution in [-0.2, 0) is 13.1 Å². The molecule has 5 heteroatoms. The third-order valence-electron chi connectivity index (χ3n) is 2.83. The fourth-order valence-electron chi connectivity index (χ4n) is 1.92. The number of aromatic nitrogens is 4. The van der Waals surface area contributed by atoms with E-state index < -0.39 is 0 Å². The fourth-order valence-corrected chi connectivity index (χ4v) is 1.92. The molecule has 3 rings (SSSR count). The van der Waals surface area contributed by atoms with E-state index in [9.17, 15) is 0 Å². The minimum absolute atomic E-state index is 0.788. The lowest BCUT2D eigenvalue weighted by molar-refractivity contribution is 0.593. The van der Waals surface area contributed by atoms with Crippen molar-refractivity contribution in [1.82, 2.24) is 24.3 Å². The molecule has 0 amide bonds. The minimum Gasteiger partial charge on any atom is -0.336 e. The van der Waals surface area contributed by atoms with Gasteiger partial charge in [0, 0.05) is 44.4 Å². The first kappa shape index (κ1) is 11.0. The molecule has 3 heterocycles. The van der Waals surface area contributed by atoms with Gasteiger partial charge in [0.25, 0.3) is 0 Å². The Labute approximate surface area is 105 Å². The van der Waals surface area contributed by atoms with Crippen molar-refractivity contribution < 1.29 is 0 Å². The van der Waals surface area contributed by atoms with Crippen molar-refractivity contribution in [2.45, 2.75) is 13.1 Å². The second kappa shape index (κ2) is 5.01. The van der Waals surface area contributed by atoms with Crippen LogP contribution < -0.4 is 5.32 Å². The number of hydrogen-bond donors (Lipinski definition) is 1. The van der Waals surface area contributed by atoms with Gasteiger partial charge in [-0.1, -0.05) is 6.07 Å². The van der Waals surface area contributed by atoms with Gasteiger partial charge in [-0.25, -0.2) is 9.97 Å². The molecule has 0 aliphatic rings. The lowest BCUT2D eigenvalue weighted by Gasteiger charge is -2.02. The summed E-state index contributed by atoms with van der Waals surface area (Å²) in [5.41, 5.74) is 2.05. The Morgan fingerprint density at radius 3 is 3.06 bits per heavy atom. The molecule has 0 spiro atoms. The van der Waals surface area contributed by atoms with Crippen LogP contribution in [0.15, 0.2) is 49.3 Å². The molecule has 0 saturated heterocycles. The summed E-state index contributed by atoms with van der Waals surface area (Å²) in [7, 11) is 0. The monoisotopic (exact) mass is 241 g/mol. The van der Waals surface area contributed by atoms with Gasteiger partial charge in [-0.3, -0.25) is 0 Å². The third-order valence-corrected chi connectivity index (χ3v) is 2.83. The van der Waals surface area contributed by atoms with Gasteiger partial charge in [0.1, 0.15) is 5.65 Å². The number of rotatable bonds is 5. The van der Waals surface area contributed by atoms with Crippen molar-refractivity contribution in [3.8, 4) is 0 Å². The Balaban J connectivity index is 1.53. The van der Waals surface area contributed by atoms with Crippen LogP contribution in [0.2, 0.25) is 0 Å². The first-order chi connectivity index (χ1) is 8.92. The largest absolute Gasteiger partial charge is 0.336 e. The molecular formula is C13H15N5. The summed E-state index contributed by atoms with van der Waals surface area (Å²) in [6.07, 6.45) is 9.65. The number of pyridine rings is 1. The summed E-state index contributed by atoms with van der Waals surface area (Å²) >= 11 is 0. The van der Waals surface area contributed by atoms with Gasteiger partial charge >= 0.3 is 0 Å². The maximum absolute atomic E-state index is 4.53. The molecule has 3 aromatic heterocycles. The second-order valence-corrected chi connectivity index (χ2v) is 4.18. The summed E-state index contributed by atoms with van der Waals surface area (Å²) in [5, 5.41) is 3.38. The Morgan fingerprint density at radius 2 is 2.22 bits per heavy atom. The molecule has 0 fully saturated rings. The molecule has 0 unspecified atom stereocenters. The van der Waals surface area contributed by atoms with Crippen LogP contribution in [0.25, 0.3) is 5.65 Å². The molecule has 0 aromatic carbocycles. The van der Waals surface area contributed by atoms with E-state index in [0.717, 1.165) is 31.0 Å². The third kappa shape index (κ3) is 2.41. The Bertz CT molecular complexity index is 578. The molecule has 18 heavy (non-hydrogen) atoms. The quantitative estimate of drug-likeness (QED) is 0.685. The van der Waals surface area contributed by atoms with E-state index in [4.69, 9.17) is 0 Å². The van der Waals surface area contributed by atoms with Crippen LogP contribution in [0, 0.1) is 0 Å². The van der Waals surface area contributed by atoms with E-state index in [1.54, 1.807) is 6.20 Å². The highest BCUT2D eigenvalue weighted by Crippen LogP contribution is 2.03. The lowest BCUT2D eigenvalue weighted by Crippen LogP contribution is -2.19. The van der Waals surface area contributed by atoms with Gasteiger partial charge in [-0.2, -0.15) is 0 Å². The zero-order valence-electron chi connectivity index (χ0n) is 10.0. The lowest BCUT2D eigenvalue weighted by atomic mass is 10.4. The van der Waals surface area contributed by atoms with Crippen LogP contribution in [0.4, 0.5) is 0 Å².